The molecule has 1 unspecified atom stereocenters. The second-order valence-electron chi connectivity index (χ2n) is 5.64. The van der Waals surface area contributed by atoms with Gasteiger partial charge in [-0.2, -0.15) is 0 Å². The molecule has 2 nitrogen and oxygen atoms in total. The molecule has 0 aliphatic carbocycles. The summed E-state index contributed by atoms with van der Waals surface area (Å²) in [5.41, 5.74) is 1.97. The quantitative estimate of drug-likeness (QED) is 0.797. The summed E-state index contributed by atoms with van der Waals surface area (Å²) in [6.07, 6.45) is 2.71. The number of benzene rings is 1. The van der Waals surface area contributed by atoms with Gasteiger partial charge in [0.25, 0.3) is 0 Å². The molecule has 5 heteroatoms. The number of hydrogen-bond acceptors (Lipinski definition) is 2. The highest BCUT2D eigenvalue weighted by atomic mass is 79.9. The van der Waals surface area contributed by atoms with Crippen LogP contribution in [-0.2, 0) is 6.54 Å². The zero-order valence-corrected chi connectivity index (χ0v) is 14.8. The Morgan fingerprint density at radius 1 is 1.21 bits per heavy atom. The van der Waals surface area contributed by atoms with Gasteiger partial charge in [0, 0.05) is 28.6 Å². The Hall–Kier alpha value is 0.390. The Labute approximate surface area is 138 Å². The monoisotopic (exact) mass is 408 g/mol. The van der Waals surface area contributed by atoms with E-state index in [1.807, 2.05) is 0 Å². The molecule has 1 atom stereocenters. The van der Waals surface area contributed by atoms with Crippen LogP contribution in [0.15, 0.2) is 27.1 Å². The van der Waals surface area contributed by atoms with Crippen molar-refractivity contribution in [1.82, 2.24) is 10.2 Å². The lowest BCUT2D eigenvalue weighted by molar-refractivity contribution is 0.268. The lowest BCUT2D eigenvalue weighted by Gasteiger charge is -2.23. The van der Waals surface area contributed by atoms with Crippen LogP contribution in [0.25, 0.3) is 0 Å². The fraction of sp³-hybridized carbons (Fsp3) is 0.571. The van der Waals surface area contributed by atoms with Gasteiger partial charge in [0.05, 0.1) is 0 Å². The number of nitrogens with zero attached hydrogens (tertiary/aromatic N) is 1. The molecular weight excluding hydrogens is 391 g/mol. The lowest BCUT2D eigenvalue weighted by atomic mass is 9.87. The van der Waals surface area contributed by atoms with Crippen molar-refractivity contribution in [1.29, 1.82) is 0 Å². The highest BCUT2D eigenvalue weighted by molar-refractivity contribution is 9.13. The first kappa shape index (κ1) is 15.8. The van der Waals surface area contributed by atoms with E-state index in [1.54, 1.807) is 0 Å². The Balaban J connectivity index is 0.00000133. The van der Waals surface area contributed by atoms with Gasteiger partial charge in [0.15, 0.2) is 0 Å². The predicted octanol–water partition coefficient (Wildman–Crippen LogP) is 3.82. The van der Waals surface area contributed by atoms with Crippen molar-refractivity contribution in [3.05, 3.63) is 32.7 Å². The molecule has 0 aromatic heterocycles. The molecule has 19 heavy (non-hydrogen) atoms. The van der Waals surface area contributed by atoms with E-state index < -0.39 is 0 Å². The Kier molecular flexibility index (Phi) is 5.34. The zero-order valence-electron chi connectivity index (χ0n) is 10.8. The smallest absolute Gasteiger partial charge is 0.0320 e. The van der Waals surface area contributed by atoms with E-state index >= 15 is 0 Å². The summed E-state index contributed by atoms with van der Waals surface area (Å²) in [6.45, 7) is 6.00. The maximum Gasteiger partial charge on any atom is 0.0320 e. The van der Waals surface area contributed by atoms with Crippen molar-refractivity contribution in [2.24, 2.45) is 5.41 Å². The second-order valence-corrected chi connectivity index (χ2v) is 7.34. The van der Waals surface area contributed by atoms with Crippen LogP contribution in [0.3, 0.4) is 0 Å². The Morgan fingerprint density at radius 2 is 2.05 bits per heavy atom. The van der Waals surface area contributed by atoms with Gasteiger partial charge >= 0.3 is 0 Å². The van der Waals surface area contributed by atoms with Crippen LogP contribution in [0.1, 0.15) is 18.4 Å². The van der Waals surface area contributed by atoms with Gasteiger partial charge in [-0.3, -0.25) is 4.90 Å². The van der Waals surface area contributed by atoms with Crippen LogP contribution in [-0.4, -0.2) is 31.1 Å². The minimum absolute atomic E-state index is 0. The van der Waals surface area contributed by atoms with Crippen LogP contribution in [0.5, 0.6) is 0 Å². The molecule has 106 valence electrons. The summed E-state index contributed by atoms with van der Waals surface area (Å²) in [5, 5.41) is 3.52. The maximum atomic E-state index is 3.58. The first-order chi connectivity index (χ1) is 8.67. The highest BCUT2D eigenvalue weighted by Crippen LogP contribution is 2.36. The van der Waals surface area contributed by atoms with Crippen molar-refractivity contribution < 1.29 is 0 Å². The third kappa shape index (κ3) is 3.53. The second kappa shape index (κ2) is 6.44. The van der Waals surface area contributed by atoms with Gasteiger partial charge < -0.3 is 5.32 Å². The van der Waals surface area contributed by atoms with Gasteiger partial charge in [-0.05, 0) is 80.9 Å². The molecule has 3 rings (SSSR count). The predicted molar refractivity (Wildman–Crippen MR) is 88.9 cm³/mol. The van der Waals surface area contributed by atoms with Crippen LogP contribution in [0, 0.1) is 5.41 Å². The number of nitrogens with one attached hydrogen (secondary N) is 1. The summed E-state index contributed by atoms with van der Waals surface area (Å²) in [6, 6.07) is 6.57. The molecule has 0 radical (unpaired) electrons. The summed E-state index contributed by atoms with van der Waals surface area (Å²) >= 11 is 7.10. The molecule has 2 fully saturated rings. The molecular formula is C14H19Br2ClN2. The molecule has 0 amide bonds. The Morgan fingerprint density at radius 3 is 2.74 bits per heavy atom. The average molecular weight is 411 g/mol. The summed E-state index contributed by atoms with van der Waals surface area (Å²) in [4.78, 5) is 2.60. The minimum atomic E-state index is 0. The van der Waals surface area contributed by atoms with E-state index in [2.05, 4.69) is 60.3 Å². The average Bonchev–Trinajstić information content (AvgIpc) is 2.96. The summed E-state index contributed by atoms with van der Waals surface area (Å²) < 4.78 is 2.28. The summed E-state index contributed by atoms with van der Waals surface area (Å²) in [7, 11) is 0. The number of likely N-dealkylation sites (tertiary alicyclic amines) is 1. The van der Waals surface area contributed by atoms with Crippen molar-refractivity contribution in [3.63, 3.8) is 0 Å². The third-order valence-corrected chi connectivity index (χ3v) is 6.12. The van der Waals surface area contributed by atoms with E-state index in [0.29, 0.717) is 5.41 Å². The SMILES string of the molecule is Brc1ccc(CN2CCC3(CCNC3)C2)cc1Br.Cl. The van der Waals surface area contributed by atoms with Gasteiger partial charge in [-0.1, -0.05) is 6.07 Å². The largest absolute Gasteiger partial charge is 0.316 e. The molecule has 2 aliphatic heterocycles. The summed E-state index contributed by atoms with van der Waals surface area (Å²) in [5.74, 6) is 0. The van der Waals surface area contributed by atoms with Crippen LogP contribution >= 0.6 is 44.3 Å². The molecule has 0 bridgehead atoms. The van der Waals surface area contributed by atoms with Crippen molar-refractivity contribution in [2.45, 2.75) is 19.4 Å². The highest BCUT2D eigenvalue weighted by Gasteiger charge is 2.39. The van der Waals surface area contributed by atoms with Crippen molar-refractivity contribution in [2.75, 3.05) is 26.2 Å². The zero-order chi connectivity index (χ0) is 12.6. The first-order valence-corrected chi connectivity index (χ1v) is 8.13. The molecule has 2 aliphatic rings. The Bertz CT molecular complexity index is 447. The van der Waals surface area contributed by atoms with E-state index in [0.717, 1.165) is 15.5 Å². The molecule has 1 N–H and O–H groups in total. The van der Waals surface area contributed by atoms with E-state index in [4.69, 9.17) is 0 Å². The van der Waals surface area contributed by atoms with E-state index in [1.165, 1.54) is 44.6 Å². The normalized spacial score (nSPS) is 26.8. The van der Waals surface area contributed by atoms with Crippen molar-refractivity contribution >= 4 is 44.3 Å². The van der Waals surface area contributed by atoms with Gasteiger partial charge in [-0.25, -0.2) is 0 Å². The van der Waals surface area contributed by atoms with Gasteiger partial charge in [0.2, 0.25) is 0 Å². The van der Waals surface area contributed by atoms with Crippen LogP contribution < -0.4 is 5.32 Å². The standard InChI is InChI=1S/C14H18Br2N2.ClH/c15-12-2-1-11(7-13(12)16)8-18-6-4-14(10-18)3-5-17-9-14;/h1-2,7,17H,3-6,8-10H2;1H. The fourth-order valence-electron chi connectivity index (χ4n) is 3.20. The van der Waals surface area contributed by atoms with E-state index in [9.17, 15) is 0 Å². The molecule has 1 aromatic carbocycles. The minimum Gasteiger partial charge on any atom is -0.316 e. The molecule has 2 saturated heterocycles. The lowest BCUT2D eigenvalue weighted by Crippen LogP contribution is -2.28. The molecule has 0 saturated carbocycles. The molecule has 2 heterocycles. The first-order valence-electron chi connectivity index (χ1n) is 6.54. The maximum absolute atomic E-state index is 3.58. The number of hydrogen-bond donors (Lipinski definition) is 1. The number of rotatable bonds is 2. The van der Waals surface area contributed by atoms with Crippen LogP contribution in [0.4, 0.5) is 0 Å². The number of halogens is 3. The van der Waals surface area contributed by atoms with Crippen molar-refractivity contribution in [3.8, 4) is 0 Å². The van der Waals surface area contributed by atoms with Gasteiger partial charge in [0.1, 0.15) is 0 Å². The van der Waals surface area contributed by atoms with Gasteiger partial charge in [-0.15, -0.1) is 12.4 Å². The van der Waals surface area contributed by atoms with Crippen LogP contribution in [0.2, 0.25) is 0 Å². The fourth-order valence-corrected chi connectivity index (χ4v) is 3.88. The molecule has 1 aromatic rings. The topological polar surface area (TPSA) is 15.3 Å². The molecule has 1 spiro atoms. The van der Waals surface area contributed by atoms with E-state index in [-0.39, 0.29) is 12.4 Å². The third-order valence-electron chi connectivity index (χ3n) is 4.24.